The molecule has 1 fully saturated rings. The molecule has 6 heteroatoms. The van der Waals surface area contributed by atoms with Crippen molar-refractivity contribution < 1.29 is 15.0 Å². The zero-order valence-electron chi connectivity index (χ0n) is 10.9. The average molecular weight is 273 g/mol. The Morgan fingerprint density at radius 2 is 2.15 bits per heavy atom. The second-order valence-electron chi connectivity index (χ2n) is 4.87. The molecule has 0 bridgehead atoms. The zero-order chi connectivity index (χ0) is 14.1. The Bertz CT molecular complexity index is 659. The van der Waals surface area contributed by atoms with Gasteiger partial charge in [0.2, 0.25) is 5.82 Å². The second kappa shape index (κ2) is 5.05. The molecule has 0 radical (unpaired) electrons. The van der Waals surface area contributed by atoms with Gasteiger partial charge in [0.25, 0.3) is 0 Å². The Kier molecular flexibility index (Phi) is 3.23. The second-order valence-corrected chi connectivity index (χ2v) is 4.87. The molecule has 0 spiro atoms. The van der Waals surface area contributed by atoms with E-state index in [2.05, 4.69) is 9.97 Å². The third-order valence-corrected chi connectivity index (χ3v) is 3.63. The van der Waals surface area contributed by atoms with Gasteiger partial charge >= 0.3 is 5.97 Å². The lowest BCUT2D eigenvalue weighted by atomic mass is 10.2. The van der Waals surface area contributed by atoms with Crippen molar-refractivity contribution >= 4 is 22.7 Å². The number of carbonyl (C=O) groups is 1. The zero-order valence-corrected chi connectivity index (χ0v) is 10.9. The summed E-state index contributed by atoms with van der Waals surface area (Å²) in [6, 6.07) is 7.34. The van der Waals surface area contributed by atoms with Crippen molar-refractivity contribution in [1.29, 1.82) is 0 Å². The fourth-order valence-electron chi connectivity index (χ4n) is 2.68. The van der Waals surface area contributed by atoms with E-state index in [4.69, 9.17) is 5.11 Å². The fraction of sp³-hybridized carbons (Fsp3) is 0.357. The molecule has 2 aromatic rings. The molecule has 1 aromatic carbocycles. The van der Waals surface area contributed by atoms with Gasteiger partial charge in [-0.05, 0) is 25.0 Å². The Labute approximate surface area is 115 Å². The Balaban J connectivity index is 2.19. The van der Waals surface area contributed by atoms with Crippen LogP contribution >= 0.6 is 0 Å². The van der Waals surface area contributed by atoms with Gasteiger partial charge in [-0.2, -0.15) is 0 Å². The quantitative estimate of drug-likeness (QED) is 0.876. The molecule has 104 valence electrons. The smallest absolute Gasteiger partial charge is 0.374 e. The fourth-order valence-corrected chi connectivity index (χ4v) is 2.68. The number of rotatable bonds is 3. The summed E-state index contributed by atoms with van der Waals surface area (Å²) in [6.07, 6.45) is 1.85. The van der Waals surface area contributed by atoms with Crippen LogP contribution in [0.25, 0.3) is 10.9 Å². The summed E-state index contributed by atoms with van der Waals surface area (Å²) in [6.45, 7) is 0.812. The molecule has 1 aliphatic rings. The molecular formula is C14H15N3O3. The van der Waals surface area contributed by atoms with Crippen molar-refractivity contribution in [1.82, 2.24) is 9.97 Å². The molecule has 0 saturated carbocycles. The van der Waals surface area contributed by atoms with Crippen LogP contribution in [0.5, 0.6) is 0 Å². The first-order chi connectivity index (χ1) is 9.70. The van der Waals surface area contributed by atoms with Crippen molar-refractivity contribution in [2.45, 2.75) is 18.9 Å². The summed E-state index contributed by atoms with van der Waals surface area (Å²) in [4.78, 5) is 21.4. The average Bonchev–Trinajstić information content (AvgIpc) is 2.94. The largest absolute Gasteiger partial charge is 0.475 e. The number of aromatic carboxylic acids is 1. The monoisotopic (exact) mass is 273 g/mol. The number of para-hydroxylation sites is 1. The molecule has 0 amide bonds. The summed E-state index contributed by atoms with van der Waals surface area (Å²) >= 11 is 0. The van der Waals surface area contributed by atoms with Crippen LogP contribution in [0.3, 0.4) is 0 Å². The van der Waals surface area contributed by atoms with Gasteiger partial charge in [0.1, 0.15) is 5.82 Å². The van der Waals surface area contributed by atoms with E-state index in [9.17, 15) is 9.90 Å². The summed E-state index contributed by atoms with van der Waals surface area (Å²) in [5.74, 6) is -0.747. The van der Waals surface area contributed by atoms with Crippen molar-refractivity contribution in [2.24, 2.45) is 0 Å². The summed E-state index contributed by atoms with van der Waals surface area (Å²) in [5, 5.41) is 19.4. The predicted octanol–water partition coefficient (Wildman–Crippen LogP) is 1.29. The Hall–Kier alpha value is -2.21. The number of nitrogens with zero attached hydrogens (tertiary/aromatic N) is 3. The van der Waals surface area contributed by atoms with E-state index in [1.54, 1.807) is 6.07 Å². The number of aliphatic hydroxyl groups excluding tert-OH is 1. The number of hydrogen-bond donors (Lipinski definition) is 2. The van der Waals surface area contributed by atoms with E-state index < -0.39 is 5.97 Å². The van der Waals surface area contributed by atoms with Crippen molar-refractivity contribution in [2.75, 3.05) is 18.1 Å². The lowest BCUT2D eigenvalue weighted by Crippen LogP contribution is -2.33. The van der Waals surface area contributed by atoms with E-state index in [0.29, 0.717) is 11.3 Å². The molecule has 1 aliphatic heterocycles. The molecule has 6 nitrogen and oxygen atoms in total. The van der Waals surface area contributed by atoms with Gasteiger partial charge in [-0.1, -0.05) is 12.1 Å². The number of anilines is 1. The van der Waals surface area contributed by atoms with Gasteiger partial charge in [-0.15, -0.1) is 0 Å². The van der Waals surface area contributed by atoms with Crippen LogP contribution in [0, 0.1) is 0 Å². The topological polar surface area (TPSA) is 86.5 Å². The maximum Gasteiger partial charge on any atom is 0.374 e. The van der Waals surface area contributed by atoms with Gasteiger partial charge < -0.3 is 15.1 Å². The highest BCUT2D eigenvalue weighted by molar-refractivity contribution is 5.94. The lowest BCUT2D eigenvalue weighted by Gasteiger charge is -2.25. The van der Waals surface area contributed by atoms with Gasteiger partial charge in [0.05, 0.1) is 18.2 Å². The van der Waals surface area contributed by atoms with E-state index in [0.717, 1.165) is 24.8 Å². The van der Waals surface area contributed by atoms with E-state index >= 15 is 0 Å². The van der Waals surface area contributed by atoms with Crippen LogP contribution in [0.1, 0.15) is 23.5 Å². The SMILES string of the molecule is O=C(O)c1nc(N2CCCC2CO)c2ccccc2n1. The van der Waals surface area contributed by atoms with Gasteiger partial charge in [-0.3, -0.25) is 0 Å². The highest BCUT2D eigenvalue weighted by atomic mass is 16.4. The summed E-state index contributed by atoms with van der Waals surface area (Å²) in [5.41, 5.74) is 0.610. The van der Waals surface area contributed by atoms with Crippen LogP contribution in [-0.4, -0.2) is 45.3 Å². The third kappa shape index (κ3) is 2.08. The number of aromatic nitrogens is 2. The number of carboxylic acid groups (broad SMARTS) is 1. The molecule has 1 unspecified atom stereocenters. The van der Waals surface area contributed by atoms with Crippen LogP contribution in [-0.2, 0) is 0 Å². The highest BCUT2D eigenvalue weighted by Gasteiger charge is 2.27. The van der Waals surface area contributed by atoms with Crippen LogP contribution in [0.2, 0.25) is 0 Å². The maximum absolute atomic E-state index is 11.2. The van der Waals surface area contributed by atoms with E-state index in [1.165, 1.54) is 0 Å². The van der Waals surface area contributed by atoms with E-state index in [1.807, 2.05) is 23.1 Å². The highest BCUT2D eigenvalue weighted by Crippen LogP contribution is 2.29. The molecule has 3 rings (SSSR count). The van der Waals surface area contributed by atoms with Gasteiger partial charge in [0.15, 0.2) is 0 Å². The predicted molar refractivity (Wildman–Crippen MR) is 74.0 cm³/mol. The third-order valence-electron chi connectivity index (χ3n) is 3.63. The minimum Gasteiger partial charge on any atom is -0.475 e. The number of hydrogen-bond acceptors (Lipinski definition) is 5. The molecule has 2 N–H and O–H groups in total. The van der Waals surface area contributed by atoms with E-state index in [-0.39, 0.29) is 18.5 Å². The van der Waals surface area contributed by atoms with Crippen molar-refractivity contribution in [3.8, 4) is 0 Å². The van der Waals surface area contributed by atoms with Crippen LogP contribution < -0.4 is 4.90 Å². The van der Waals surface area contributed by atoms with Crippen molar-refractivity contribution in [3.63, 3.8) is 0 Å². The standard InChI is InChI=1S/C14H15N3O3/c18-8-9-4-3-7-17(9)13-10-5-1-2-6-11(10)15-12(16-13)14(19)20/h1-2,5-6,9,18H,3-4,7-8H2,(H,19,20). The first kappa shape index (κ1) is 12.8. The summed E-state index contributed by atoms with van der Waals surface area (Å²) < 4.78 is 0. The van der Waals surface area contributed by atoms with Crippen molar-refractivity contribution in [3.05, 3.63) is 30.1 Å². The van der Waals surface area contributed by atoms with Gasteiger partial charge in [0, 0.05) is 11.9 Å². The molecule has 1 atom stereocenters. The van der Waals surface area contributed by atoms with Crippen LogP contribution in [0.4, 0.5) is 5.82 Å². The minimum atomic E-state index is -1.14. The number of fused-ring (bicyclic) bond motifs is 1. The Morgan fingerprint density at radius 1 is 1.35 bits per heavy atom. The first-order valence-electron chi connectivity index (χ1n) is 6.58. The van der Waals surface area contributed by atoms with Gasteiger partial charge in [-0.25, -0.2) is 14.8 Å². The molecular weight excluding hydrogens is 258 g/mol. The molecule has 1 saturated heterocycles. The normalized spacial score (nSPS) is 18.6. The Morgan fingerprint density at radius 3 is 2.90 bits per heavy atom. The van der Waals surface area contributed by atoms with Crippen LogP contribution in [0.15, 0.2) is 24.3 Å². The summed E-state index contributed by atoms with van der Waals surface area (Å²) in [7, 11) is 0. The molecule has 1 aromatic heterocycles. The molecule has 2 heterocycles. The molecule has 0 aliphatic carbocycles. The first-order valence-corrected chi connectivity index (χ1v) is 6.58. The molecule has 20 heavy (non-hydrogen) atoms. The number of carboxylic acids is 1. The minimum absolute atomic E-state index is 0.00467. The maximum atomic E-state index is 11.2. The number of benzene rings is 1. The lowest BCUT2D eigenvalue weighted by molar-refractivity contribution is 0.0684. The number of aliphatic hydroxyl groups is 1.